The molecule has 0 radical (unpaired) electrons. The van der Waals surface area contributed by atoms with Crippen molar-refractivity contribution >= 4 is 28.3 Å². The summed E-state index contributed by atoms with van der Waals surface area (Å²) in [5.41, 5.74) is -0.334. The van der Waals surface area contributed by atoms with Crippen molar-refractivity contribution in [1.82, 2.24) is 0 Å². The van der Waals surface area contributed by atoms with Crippen LogP contribution in [0, 0.1) is 11.6 Å². The Bertz CT molecular complexity index is 1040. The fourth-order valence-electron chi connectivity index (χ4n) is 2.52. The zero-order valence-corrected chi connectivity index (χ0v) is 14.2. The van der Waals surface area contributed by atoms with E-state index in [1.54, 1.807) is 30.3 Å². The number of amides is 1. The smallest absolute Gasteiger partial charge is 0.342 e. The fraction of sp³-hybridized carbons (Fsp3) is 0.100. The van der Waals surface area contributed by atoms with Crippen molar-refractivity contribution in [1.29, 1.82) is 0 Å². The van der Waals surface area contributed by atoms with Gasteiger partial charge in [0, 0.05) is 11.5 Å². The summed E-state index contributed by atoms with van der Waals surface area (Å²) in [4.78, 5) is 24.4. The highest BCUT2D eigenvalue weighted by Gasteiger charge is 2.22. The third-order valence-electron chi connectivity index (χ3n) is 3.96. The first-order valence-corrected chi connectivity index (χ1v) is 8.04. The van der Waals surface area contributed by atoms with E-state index < -0.39 is 29.6 Å². The molecular weight excluding hydrogens is 356 g/mol. The lowest BCUT2D eigenvalue weighted by Crippen LogP contribution is -2.30. The Hall–Kier alpha value is -3.48. The zero-order chi connectivity index (χ0) is 19.6. The number of esters is 1. The van der Waals surface area contributed by atoms with E-state index in [0.29, 0.717) is 11.5 Å². The van der Waals surface area contributed by atoms with Crippen molar-refractivity contribution in [3.05, 3.63) is 71.8 Å². The number of aromatic hydroxyl groups is 1. The molecule has 0 aliphatic heterocycles. The number of fused-ring (bicyclic) bond motifs is 1. The van der Waals surface area contributed by atoms with E-state index in [1.165, 1.54) is 13.0 Å². The van der Waals surface area contributed by atoms with Gasteiger partial charge < -0.3 is 15.2 Å². The van der Waals surface area contributed by atoms with E-state index in [1.807, 2.05) is 0 Å². The summed E-state index contributed by atoms with van der Waals surface area (Å²) in [5, 5.41) is 13.7. The summed E-state index contributed by atoms with van der Waals surface area (Å²) in [5.74, 6) is -3.68. The number of carbonyl (C=O) groups is 2. The molecule has 2 N–H and O–H groups in total. The van der Waals surface area contributed by atoms with E-state index in [-0.39, 0.29) is 17.0 Å². The molecule has 0 saturated carbocycles. The van der Waals surface area contributed by atoms with Gasteiger partial charge in [0.1, 0.15) is 22.9 Å². The summed E-state index contributed by atoms with van der Waals surface area (Å²) < 4.78 is 31.6. The van der Waals surface area contributed by atoms with E-state index >= 15 is 0 Å². The van der Waals surface area contributed by atoms with Crippen LogP contribution in [0.15, 0.2) is 54.6 Å². The first-order valence-electron chi connectivity index (χ1n) is 8.04. The number of benzene rings is 3. The van der Waals surface area contributed by atoms with Crippen molar-refractivity contribution in [2.24, 2.45) is 0 Å². The van der Waals surface area contributed by atoms with E-state index in [4.69, 9.17) is 4.74 Å². The molecule has 0 aromatic heterocycles. The molecule has 0 aliphatic rings. The first-order chi connectivity index (χ1) is 12.9. The summed E-state index contributed by atoms with van der Waals surface area (Å²) >= 11 is 0. The Morgan fingerprint density at radius 1 is 1.07 bits per heavy atom. The molecule has 0 bridgehead atoms. The SMILES string of the molecule is CC(OC(=O)c1ccc2ccccc2c1O)C(=O)Nc1ccc(F)cc1F. The number of carbonyl (C=O) groups excluding carboxylic acids is 2. The minimum absolute atomic E-state index is 0.0960. The maximum Gasteiger partial charge on any atom is 0.342 e. The molecule has 7 heteroatoms. The first kappa shape index (κ1) is 18.3. The third kappa shape index (κ3) is 3.87. The normalized spacial score (nSPS) is 11.8. The average Bonchev–Trinajstić information content (AvgIpc) is 2.64. The van der Waals surface area contributed by atoms with Gasteiger partial charge in [0.2, 0.25) is 0 Å². The van der Waals surface area contributed by atoms with Crippen molar-refractivity contribution < 1.29 is 28.2 Å². The number of hydrogen-bond acceptors (Lipinski definition) is 4. The number of phenolic OH excluding ortho intramolecular Hbond substituents is 1. The molecule has 0 fully saturated rings. The van der Waals surface area contributed by atoms with Crippen LogP contribution >= 0.6 is 0 Å². The van der Waals surface area contributed by atoms with Gasteiger partial charge in [0.15, 0.2) is 6.10 Å². The molecular formula is C20H15F2NO4. The standard InChI is InChI=1S/C20H15F2NO4/c1-11(19(25)23-17-9-7-13(21)10-16(17)22)27-20(26)15-8-6-12-4-2-3-5-14(12)18(15)24/h2-11,24H,1H3,(H,23,25). The Kier molecular flexibility index (Phi) is 5.03. The molecule has 0 heterocycles. The zero-order valence-electron chi connectivity index (χ0n) is 14.2. The van der Waals surface area contributed by atoms with Gasteiger partial charge in [-0.05, 0) is 30.5 Å². The van der Waals surface area contributed by atoms with E-state index in [9.17, 15) is 23.5 Å². The second-order valence-electron chi connectivity index (χ2n) is 5.84. The monoisotopic (exact) mass is 371 g/mol. The molecule has 1 unspecified atom stereocenters. The van der Waals surface area contributed by atoms with Gasteiger partial charge >= 0.3 is 5.97 Å². The van der Waals surface area contributed by atoms with E-state index in [2.05, 4.69) is 5.32 Å². The van der Waals surface area contributed by atoms with Gasteiger partial charge in [-0.2, -0.15) is 0 Å². The lowest BCUT2D eigenvalue weighted by atomic mass is 10.1. The molecule has 0 saturated heterocycles. The Morgan fingerprint density at radius 3 is 2.56 bits per heavy atom. The minimum atomic E-state index is -1.27. The van der Waals surface area contributed by atoms with Crippen molar-refractivity contribution in [3.63, 3.8) is 0 Å². The van der Waals surface area contributed by atoms with Crippen LogP contribution in [0.4, 0.5) is 14.5 Å². The number of halogens is 2. The number of rotatable bonds is 4. The van der Waals surface area contributed by atoms with Crippen LogP contribution in [0.1, 0.15) is 17.3 Å². The van der Waals surface area contributed by atoms with Crippen LogP contribution in [0.25, 0.3) is 10.8 Å². The average molecular weight is 371 g/mol. The van der Waals surface area contributed by atoms with Crippen LogP contribution in [-0.2, 0) is 9.53 Å². The van der Waals surface area contributed by atoms with Gasteiger partial charge in [0.05, 0.1) is 5.69 Å². The number of anilines is 1. The lowest BCUT2D eigenvalue weighted by Gasteiger charge is -2.15. The second-order valence-corrected chi connectivity index (χ2v) is 5.84. The molecule has 3 aromatic rings. The highest BCUT2D eigenvalue weighted by molar-refractivity contribution is 6.02. The summed E-state index contributed by atoms with van der Waals surface area (Å²) in [6, 6.07) is 12.6. The van der Waals surface area contributed by atoms with Gasteiger partial charge in [-0.15, -0.1) is 0 Å². The van der Waals surface area contributed by atoms with Crippen LogP contribution in [0.2, 0.25) is 0 Å². The largest absolute Gasteiger partial charge is 0.506 e. The van der Waals surface area contributed by atoms with Gasteiger partial charge in [0.25, 0.3) is 5.91 Å². The molecule has 3 rings (SSSR count). The summed E-state index contributed by atoms with van der Waals surface area (Å²) in [6.45, 7) is 1.30. The molecule has 1 amide bonds. The Balaban J connectivity index is 1.73. The predicted octanol–water partition coefficient (Wildman–Crippen LogP) is 4.01. The van der Waals surface area contributed by atoms with Crippen molar-refractivity contribution in [3.8, 4) is 5.75 Å². The topological polar surface area (TPSA) is 75.6 Å². The van der Waals surface area contributed by atoms with E-state index in [0.717, 1.165) is 17.5 Å². The Labute approximate surface area is 153 Å². The number of ether oxygens (including phenoxy) is 1. The van der Waals surface area contributed by atoms with Gasteiger partial charge in [-0.3, -0.25) is 4.79 Å². The highest BCUT2D eigenvalue weighted by Crippen LogP contribution is 2.29. The minimum Gasteiger partial charge on any atom is -0.506 e. The number of nitrogens with one attached hydrogen (secondary N) is 1. The van der Waals surface area contributed by atoms with Crippen molar-refractivity contribution in [2.45, 2.75) is 13.0 Å². The molecule has 3 aromatic carbocycles. The second kappa shape index (κ2) is 7.41. The lowest BCUT2D eigenvalue weighted by molar-refractivity contribution is -0.123. The van der Waals surface area contributed by atoms with Crippen molar-refractivity contribution in [2.75, 3.05) is 5.32 Å². The highest BCUT2D eigenvalue weighted by atomic mass is 19.1. The maximum absolute atomic E-state index is 13.6. The van der Waals surface area contributed by atoms with Crippen LogP contribution in [-0.4, -0.2) is 23.1 Å². The Morgan fingerprint density at radius 2 is 1.81 bits per heavy atom. The fourth-order valence-corrected chi connectivity index (χ4v) is 2.52. The third-order valence-corrected chi connectivity index (χ3v) is 3.96. The maximum atomic E-state index is 13.6. The predicted molar refractivity (Wildman–Crippen MR) is 95.5 cm³/mol. The van der Waals surface area contributed by atoms with Crippen LogP contribution in [0.3, 0.4) is 0 Å². The molecule has 5 nitrogen and oxygen atoms in total. The quantitative estimate of drug-likeness (QED) is 0.680. The summed E-state index contributed by atoms with van der Waals surface area (Å²) in [7, 11) is 0. The number of hydrogen-bond donors (Lipinski definition) is 2. The molecule has 1 atom stereocenters. The summed E-state index contributed by atoms with van der Waals surface area (Å²) in [6.07, 6.45) is -1.27. The van der Waals surface area contributed by atoms with Crippen LogP contribution in [0.5, 0.6) is 5.75 Å². The molecule has 0 aliphatic carbocycles. The van der Waals surface area contributed by atoms with Gasteiger partial charge in [-0.1, -0.05) is 30.3 Å². The van der Waals surface area contributed by atoms with Crippen LogP contribution < -0.4 is 5.32 Å². The molecule has 27 heavy (non-hydrogen) atoms. The molecule has 138 valence electrons. The molecule has 0 spiro atoms. The van der Waals surface area contributed by atoms with Gasteiger partial charge in [-0.25, -0.2) is 13.6 Å². The number of phenols is 1.